The molecule has 0 aliphatic heterocycles. The van der Waals surface area contributed by atoms with Crippen molar-refractivity contribution in [2.75, 3.05) is 26.2 Å². The quantitative estimate of drug-likeness (QED) is 0.0980. The molecular formula is C30H60NO2+. The van der Waals surface area contributed by atoms with Crippen LogP contribution in [0.15, 0.2) is 24.3 Å². The number of carboxylic acids is 1. The van der Waals surface area contributed by atoms with Crippen molar-refractivity contribution in [3.05, 3.63) is 24.3 Å². The summed E-state index contributed by atoms with van der Waals surface area (Å²) in [7, 11) is 0. The molecule has 0 aliphatic carbocycles. The number of nitrogens with zero attached hydrogens (tertiary/aromatic N) is 1. The van der Waals surface area contributed by atoms with Gasteiger partial charge in [-0.3, -0.25) is 4.79 Å². The van der Waals surface area contributed by atoms with Crippen LogP contribution < -0.4 is 0 Å². The largest absolute Gasteiger partial charge is 0.481 e. The molecule has 0 spiro atoms. The summed E-state index contributed by atoms with van der Waals surface area (Å²) < 4.78 is 1.38. The number of quaternary nitrogens is 1. The van der Waals surface area contributed by atoms with Crippen molar-refractivity contribution in [3.8, 4) is 0 Å². The summed E-state index contributed by atoms with van der Waals surface area (Å²) >= 11 is 0. The molecule has 0 aromatic heterocycles. The molecule has 0 fully saturated rings. The zero-order chi connectivity index (χ0) is 25.0. The van der Waals surface area contributed by atoms with Gasteiger partial charge in [0.15, 0.2) is 0 Å². The second-order valence-electron chi connectivity index (χ2n) is 9.61. The summed E-state index contributed by atoms with van der Waals surface area (Å²) in [6.07, 6.45) is 27.6. The van der Waals surface area contributed by atoms with Gasteiger partial charge < -0.3 is 9.59 Å². The van der Waals surface area contributed by atoms with Crippen LogP contribution in [-0.2, 0) is 4.79 Å². The number of hydrogen-bond acceptors (Lipinski definition) is 1. The van der Waals surface area contributed by atoms with E-state index in [1.165, 1.54) is 101 Å². The Hall–Kier alpha value is -1.09. The number of hydrogen-bond donors (Lipinski definition) is 1. The minimum atomic E-state index is -0.671. The third kappa shape index (κ3) is 25.4. The van der Waals surface area contributed by atoms with Gasteiger partial charge in [-0.2, -0.15) is 0 Å². The van der Waals surface area contributed by atoms with E-state index in [1.54, 1.807) is 0 Å². The van der Waals surface area contributed by atoms with Crippen molar-refractivity contribution in [2.45, 2.75) is 137 Å². The minimum Gasteiger partial charge on any atom is -0.481 e. The molecular weight excluding hydrogens is 406 g/mol. The van der Waals surface area contributed by atoms with Crippen LogP contribution >= 0.6 is 0 Å². The predicted molar refractivity (Wildman–Crippen MR) is 148 cm³/mol. The van der Waals surface area contributed by atoms with Gasteiger partial charge in [0.05, 0.1) is 26.2 Å². The Morgan fingerprint density at radius 3 is 1.42 bits per heavy atom. The molecule has 0 atom stereocenters. The van der Waals surface area contributed by atoms with Crippen LogP contribution in [-0.4, -0.2) is 41.7 Å². The van der Waals surface area contributed by atoms with E-state index in [-0.39, 0.29) is 0 Å². The van der Waals surface area contributed by atoms with E-state index < -0.39 is 5.97 Å². The molecule has 0 saturated carbocycles. The molecule has 0 aliphatic rings. The lowest BCUT2D eigenvalue weighted by molar-refractivity contribution is -0.928. The summed E-state index contributed by atoms with van der Waals surface area (Å²) in [6, 6.07) is 0. The van der Waals surface area contributed by atoms with Crippen LogP contribution in [0.3, 0.4) is 0 Å². The second kappa shape index (κ2) is 27.2. The van der Waals surface area contributed by atoms with Gasteiger partial charge in [-0.05, 0) is 64.2 Å². The highest BCUT2D eigenvalue weighted by atomic mass is 16.4. The van der Waals surface area contributed by atoms with E-state index in [0.29, 0.717) is 6.42 Å². The first-order valence-corrected chi connectivity index (χ1v) is 14.4. The predicted octanol–water partition coefficient (Wildman–Crippen LogP) is 9.33. The lowest BCUT2D eigenvalue weighted by Crippen LogP contribution is -2.50. The van der Waals surface area contributed by atoms with Crippen molar-refractivity contribution in [2.24, 2.45) is 0 Å². The molecule has 0 heterocycles. The van der Waals surface area contributed by atoms with E-state index in [2.05, 4.69) is 58.9 Å². The Bertz CT molecular complexity index is 427. The molecule has 0 aromatic rings. The molecule has 33 heavy (non-hydrogen) atoms. The Morgan fingerprint density at radius 2 is 1.00 bits per heavy atom. The maximum absolute atomic E-state index is 10.3. The van der Waals surface area contributed by atoms with Crippen molar-refractivity contribution >= 4 is 5.97 Å². The maximum Gasteiger partial charge on any atom is 0.303 e. The van der Waals surface area contributed by atoms with Gasteiger partial charge in [0.2, 0.25) is 0 Å². The molecule has 0 radical (unpaired) electrons. The normalized spacial score (nSPS) is 11.8. The number of carbonyl (C=O) groups is 1. The van der Waals surface area contributed by atoms with Crippen LogP contribution in [0.4, 0.5) is 0 Å². The summed E-state index contributed by atoms with van der Waals surface area (Å²) in [5, 5.41) is 8.50. The van der Waals surface area contributed by atoms with E-state index in [0.717, 1.165) is 25.7 Å². The topological polar surface area (TPSA) is 37.3 Å². The zero-order valence-electron chi connectivity index (χ0n) is 23.3. The monoisotopic (exact) mass is 466 g/mol. The molecule has 0 aromatic carbocycles. The molecule has 0 rings (SSSR count). The standard InChI is InChI=1S/C18H32O2.C12H28N/c1-2-3-4-5-6-7-8-9-10-11-12-13-14-15-16-17-18(19)20;1-5-9-13(10-6-2,11-7-3)12-8-4/h6-7,9-10H,2-5,8,11-17H2,1H3,(H,19,20);5-12H2,1-4H3/q;+1/b7-6-,10-9-;. The van der Waals surface area contributed by atoms with Crippen molar-refractivity contribution in [1.82, 2.24) is 0 Å². The Labute approximate surface area is 208 Å². The second-order valence-corrected chi connectivity index (χ2v) is 9.61. The first-order valence-electron chi connectivity index (χ1n) is 14.4. The SMILES string of the molecule is CCCCC/C=C\C/C=C\CCCCCCCC(=O)O.CCC[N+](CCC)(CCC)CCC. The highest BCUT2D eigenvalue weighted by Crippen LogP contribution is 2.12. The van der Waals surface area contributed by atoms with Gasteiger partial charge >= 0.3 is 5.97 Å². The molecule has 0 saturated heterocycles. The van der Waals surface area contributed by atoms with Crippen LogP contribution in [0.1, 0.15) is 137 Å². The lowest BCUT2D eigenvalue weighted by Gasteiger charge is -2.38. The first kappa shape index (κ1) is 34.1. The van der Waals surface area contributed by atoms with Crippen LogP contribution in [0.5, 0.6) is 0 Å². The highest BCUT2D eigenvalue weighted by Gasteiger charge is 2.22. The van der Waals surface area contributed by atoms with Crippen LogP contribution in [0.2, 0.25) is 0 Å². The third-order valence-corrected chi connectivity index (χ3v) is 6.13. The van der Waals surface area contributed by atoms with Crippen molar-refractivity contribution < 1.29 is 14.4 Å². The molecule has 196 valence electrons. The van der Waals surface area contributed by atoms with E-state index in [1.807, 2.05) is 0 Å². The van der Waals surface area contributed by atoms with Gasteiger partial charge in [-0.1, -0.05) is 91.0 Å². The molecule has 3 heteroatoms. The Balaban J connectivity index is 0. The first-order chi connectivity index (χ1) is 16.0. The van der Waals surface area contributed by atoms with Crippen molar-refractivity contribution in [3.63, 3.8) is 0 Å². The van der Waals surface area contributed by atoms with Crippen LogP contribution in [0.25, 0.3) is 0 Å². The minimum absolute atomic E-state index is 0.324. The van der Waals surface area contributed by atoms with E-state index >= 15 is 0 Å². The average molecular weight is 467 g/mol. The average Bonchev–Trinajstić information content (AvgIpc) is 2.77. The molecule has 0 amide bonds. The number of carboxylic acid groups (broad SMARTS) is 1. The van der Waals surface area contributed by atoms with E-state index in [4.69, 9.17) is 5.11 Å². The number of unbranched alkanes of at least 4 members (excludes halogenated alkanes) is 8. The Kier molecular flexibility index (Phi) is 28.0. The third-order valence-electron chi connectivity index (χ3n) is 6.13. The fraction of sp³-hybridized carbons (Fsp3) is 0.833. The summed E-state index contributed by atoms with van der Waals surface area (Å²) in [4.78, 5) is 10.3. The summed E-state index contributed by atoms with van der Waals surface area (Å²) in [6.45, 7) is 17.0. The van der Waals surface area contributed by atoms with Crippen molar-refractivity contribution in [1.29, 1.82) is 0 Å². The van der Waals surface area contributed by atoms with Crippen LogP contribution in [0, 0.1) is 0 Å². The lowest BCUT2D eigenvalue weighted by atomic mass is 10.1. The van der Waals surface area contributed by atoms with Gasteiger partial charge in [-0.15, -0.1) is 0 Å². The summed E-state index contributed by atoms with van der Waals surface area (Å²) in [5.74, 6) is -0.671. The molecule has 0 unspecified atom stereocenters. The molecule has 0 bridgehead atoms. The number of aliphatic carboxylic acids is 1. The molecule has 3 nitrogen and oxygen atoms in total. The Morgan fingerprint density at radius 1 is 0.576 bits per heavy atom. The fourth-order valence-corrected chi connectivity index (χ4v) is 4.66. The van der Waals surface area contributed by atoms with Gasteiger partial charge in [-0.25, -0.2) is 0 Å². The fourth-order valence-electron chi connectivity index (χ4n) is 4.66. The summed E-state index contributed by atoms with van der Waals surface area (Å²) in [5.41, 5.74) is 0. The number of allylic oxidation sites excluding steroid dienone is 4. The smallest absolute Gasteiger partial charge is 0.303 e. The zero-order valence-corrected chi connectivity index (χ0v) is 23.3. The maximum atomic E-state index is 10.3. The highest BCUT2D eigenvalue weighted by molar-refractivity contribution is 5.66. The van der Waals surface area contributed by atoms with Gasteiger partial charge in [0, 0.05) is 6.42 Å². The van der Waals surface area contributed by atoms with Gasteiger partial charge in [0.25, 0.3) is 0 Å². The van der Waals surface area contributed by atoms with E-state index in [9.17, 15) is 4.79 Å². The van der Waals surface area contributed by atoms with Gasteiger partial charge in [0.1, 0.15) is 0 Å². The molecule has 1 N–H and O–H groups in total. The number of rotatable bonds is 22.